The largest absolute Gasteiger partial charge is 0.454 e. The van der Waals surface area contributed by atoms with Crippen LogP contribution in [0.1, 0.15) is 33.6 Å². The number of esters is 1. The van der Waals surface area contributed by atoms with Gasteiger partial charge in [-0.05, 0) is 49.2 Å². The fourth-order valence-corrected chi connectivity index (χ4v) is 2.26. The lowest BCUT2D eigenvalue weighted by atomic mass is 10.1. The number of halogens is 1. The van der Waals surface area contributed by atoms with Gasteiger partial charge in [0.25, 0.3) is 0 Å². The first-order valence-corrected chi connectivity index (χ1v) is 7.90. The summed E-state index contributed by atoms with van der Waals surface area (Å²) in [4.78, 5) is 35.5. The van der Waals surface area contributed by atoms with Crippen LogP contribution in [-0.2, 0) is 9.53 Å². The van der Waals surface area contributed by atoms with E-state index in [0.29, 0.717) is 5.69 Å². The van der Waals surface area contributed by atoms with E-state index >= 15 is 0 Å². The van der Waals surface area contributed by atoms with Gasteiger partial charge in [-0.3, -0.25) is 9.59 Å². The van der Waals surface area contributed by atoms with Gasteiger partial charge in [-0.25, -0.2) is 9.18 Å². The van der Waals surface area contributed by atoms with Crippen LogP contribution in [0.15, 0.2) is 48.5 Å². The molecule has 0 aromatic heterocycles. The average molecular weight is 341 g/mol. The van der Waals surface area contributed by atoms with Crippen LogP contribution in [0.2, 0.25) is 0 Å². The van der Waals surface area contributed by atoms with Gasteiger partial charge < -0.3 is 10.1 Å². The fourth-order valence-electron chi connectivity index (χ4n) is 2.26. The summed E-state index contributed by atoms with van der Waals surface area (Å²) in [7, 11) is 0. The van der Waals surface area contributed by atoms with Gasteiger partial charge in [0, 0.05) is 11.6 Å². The SMILES string of the molecule is O=C(OCC(=O)c1ccccc1F)c1ccc(NC(=O)C2CC2)cc1. The third kappa shape index (κ3) is 4.29. The molecule has 0 unspecified atom stereocenters. The Morgan fingerprint density at radius 3 is 2.36 bits per heavy atom. The molecule has 0 atom stereocenters. The lowest BCUT2D eigenvalue weighted by Crippen LogP contribution is -2.16. The minimum atomic E-state index is -0.690. The predicted molar refractivity (Wildman–Crippen MR) is 88.8 cm³/mol. The molecule has 0 radical (unpaired) electrons. The quantitative estimate of drug-likeness (QED) is 0.647. The van der Waals surface area contributed by atoms with Crippen LogP contribution in [0.3, 0.4) is 0 Å². The Balaban J connectivity index is 1.55. The maximum absolute atomic E-state index is 13.5. The third-order valence-corrected chi connectivity index (χ3v) is 3.84. The molecular weight excluding hydrogens is 325 g/mol. The van der Waals surface area contributed by atoms with E-state index in [-0.39, 0.29) is 23.0 Å². The molecule has 1 fully saturated rings. The topological polar surface area (TPSA) is 72.5 Å². The van der Waals surface area contributed by atoms with Crippen LogP contribution < -0.4 is 5.32 Å². The Hall–Kier alpha value is -3.02. The third-order valence-electron chi connectivity index (χ3n) is 3.84. The van der Waals surface area contributed by atoms with Crippen molar-refractivity contribution in [2.75, 3.05) is 11.9 Å². The molecule has 128 valence electrons. The zero-order valence-electron chi connectivity index (χ0n) is 13.3. The van der Waals surface area contributed by atoms with Crippen LogP contribution >= 0.6 is 0 Å². The van der Waals surface area contributed by atoms with E-state index < -0.39 is 24.2 Å². The van der Waals surface area contributed by atoms with Crippen molar-refractivity contribution in [3.05, 3.63) is 65.5 Å². The molecule has 1 amide bonds. The van der Waals surface area contributed by atoms with Crippen molar-refractivity contribution in [3.63, 3.8) is 0 Å². The van der Waals surface area contributed by atoms with Crippen LogP contribution in [0.5, 0.6) is 0 Å². The first kappa shape index (κ1) is 16.8. The number of hydrogen-bond donors (Lipinski definition) is 1. The van der Waals surface area contributed by atoms with Gasteiger partial charge in [0.15, 0.2) is 6.61 Å². The highest BCUT2D eigenvalue weighted by molar-refractivity contribution is 5.99. The maximum Gasteiger partial charge on any atom is 0.338 e. The van der Waals surface area contributed by atoms with E-state index in [2.05, 4.69) is 5.32 Å². The van der Waals surface area contributed by atoms with E-state index in [1.807, 2.05) is 0 Å². The van der Waals surface area contributed by atoms with Crippen LogP contribution in [0.4, 0.5) is 10.1 Å². The lowest BCUT2D eigenvalue weighted by molar-refractivity contribution is -0.117. The van der Waals surface area contributed by atoms with Crippen molar-refractivity contribution in [2.45, 2.75) is 12.8 Å². The monoisotopic (exact) mass is 341 g/mol. The Morgan fingerprint density at radius 1 is 1.04 bits per heavy atom. The minimum Gasteiger partial charge on any atom is -0.454 e. The molecule has 1 N–H and O–H groups in total. The number of amides is 1. The van der Waals surface area contributed by atoms with E-state index in [4.69, 9.17) is 4.74 Å². The Morgan fingerprint density at radius 2 is 1.72 bits per heavy atom. The van der Waals surface area contributed by atoms with Crippen molar-refractivity contribution in [1.82, 2.24) is 0 Å². The first-order chi connectivity index (χ1) is 12.0. The lowest BCUT2D eigenvalue weighted by Gasteiger charge is -2.07. The number of ether oxygens (including phenoxy) is 1. The summed E-state index contributed by atoms with van der Waals surface area (Å²) in [6.07, 6.45) is 1.82. The molecule has 25 heavy (non-hydrogen) atoms. The molecule has 0 saturated heterocycles. The van der Waals surface area contributed by atoms with Crippen LogP contribution in [0.25, 0.3) is 0 Å². The normalized spacial score (nSPS) is 13.2. The number of carbonyl (C=O) groups is 3. The smallest absolute Gasteiger partial charge is 0.338 e. The first-order valence-electron chi connectivity index (χ1n) is 7.90. The van der Waals surface area contributed by atoms with Crippen molar-refractivity contribution in [3.8, 4) is 0 Å². The summed E-state index contributed by atoms with van der Waals surface area (Å²) in [5, 5.41) is 2.76. The highest BCUT2D eigenvalue weighted by Crippen LogP contribution is 2.30. The number of ketones is 1. The summed E-state index contributed by atoms with van der Waals surface area (Å²) in [5.41, 5.74) is 0.718. The second kappa shape index (κ2) is 7.25. The maximum atomic E-state index is 13.5. The predicted octanol–water partition coefficient (Wildman–Crippen LogP) is 3.21. The summed E-state index contributed by atoms with van der Waals surface area (Å²) < 4.78 is 18.4. The van der Waals surface area contributed by atoms with Crippen molar-refractivity contribution in [2.24, 2.45) is 5.92 Å². The molecular formula is C19H16FNO4. The average Bonchev–Trinajstić information content (AvgIpc) is 3.45. The van der Waals surface area contributed by atoms with E-state index in [0.717, 1.165) is 12.8 Å². The van der Waals surface area contributed by atoms with Gasteiger partial charge in [-0.2, -0.15) is 0 Å². The number of hydrogen-bond acceptors (Lipinski definition) is 4. The second-order valence-electron chi connectivity index (χ2n) is 5.82. The molecule has 0 bridgehead atoms. The molecule has 1 aliphatic carbocycles. The number of anilines is 1. The van der Waals surface area contributed by atoms with Gasteiger partial charge >= 0.3 is 5.97 Å². The standard InChI is InChI=1S/C19H16FNO4/c20-16-4-2-1-3-15(16)17(22)11-25-19(24)13-7-9-14(10-8-13)21-18(23)12-5-6-12/h1-4,7-10,12H,5-6,11H2,(H,21,23). The van der Waals surface area contributed by atoms with E-state index in [1.165, 1.54) is 36.4 Å². The summed E-state index contributed by atoms with van der Waals surface area (Å²) in [6, 6.07) is 11.7. The Labute approximate surface area is 143 Å². The zero-order valence-corrected chi connectivity index (χ0v) is 13.3. The van der Waals surface area contributed by atoms with Gasteiger partial charge in [0.1, 0.15) is 5.82 Å². The Bertz CT molecular complexity index is 812. The zero-order chi connectivity index (χ0) is 17.8. The van der Waals surface area contributed by atoms with Crippen LogP contribution in [-0.4, -0.2) is 24.3 Å². The molecule has 6 heteroatoms. The molecule has 2 aromatic carbocycles. The molecule has 0 aliphatic heterocycles. The number of Topliss-reactive ketones (excluding diaryl/α,β-unsaturated/α-hetero) is 1. The van der Waals surface area contributed by atoms with E-state index in [9.17, 15) is 18.8 Å². The van der Waals surface area contributed by atoms with Gasteiger partial charge in [-0.15, -0.1) is 0 Å². The molecule has 0 heterocycles. The minimum absolute atomic E-state index is 0.0224. The highest BCUT2D eigenvalue weighted by Gasteiger charge is 2.29. The number of nitrogens with one attached hydrogen (secondary N) is 1. The molecule has 0 spiro atoms. The van der Waals surface area contributed by atoms with Gasteiger partial charge in [0.2, 0.25) is 11.7 Å². The van der Waals surface area contributed by atoms with Gasteiger partial charge in [-0.1, -0.05) is 12.1 Å². The number of benzene rings is 2. The number of rotatable bonds is 6. The molecule has 3 rings (SSSR count). The molecule has 1 aliphatic rings. The summed E-state index contributed by atoms with van der Waals surface area (Å²) >= 11 is 0. The van der Waals surface area contributed by atoms with Crippen molar-refractivity contribution >= 4 is 23.3 Å². The van der Waals surface area contributed by atoms with E-state index in [1.54, 1.807) is 12.1 Å². The van der Waals surface area contributed by atoms with Crippen molar-refractivity contribution in [1.29, 1.82) is 0 Å². The van der Waals surface area contributed by atoms with Gasteiger partial charge in [0.05, 0.1) is 11.1 Å². The molecule has 1 saturated carbocycles. The van der Waals surface area contributed by atoms with Crippen molar-refractivity contribution < 1.29 is 23.5 Å². The Kier molecular flexibility index (Phi) is 4.88. The van der Waals surface area contributed by atoms with Crippen LogP contribution in [0, 0.1) is 11.7 Å². The number of carbonyl (C=O) groups excluding carboxylic acids is 3. The fraction of sp³-hybridized carbons (Fsp3) is 0.211. The highest BCUT2D eigenvalue weighted by atomic mass is 19.1. The summed E-state index contributed by atoms with van der Waals surface area (Å²) in [6.45, 7) is -0.542. The second-order valence-corrected chi connectivity index (χ2v) is 5.82. The molecule has 2 aromatic rings. The summed E-state index contributed by atoms with van der Waals surface area (Å²) in [5.74, 6) is -1.89. The molecule has 5 nitrogen and oxygen atoms in total.